The normalized spacial score (nSPS) is 10.8. The lowest BCUT2D eigenvalue weighted by atomic mass is 10.2. The first-order chi connectivity index (χ1) is 13.0. The average Bonchev–Trinajstić information content (AvgIpc) is 2.69. The smallest absolute Gasteiger partial charge is 0.332 e. The number of fused-ring (bicyclic) bond motifs is 1. The Morgan fingerprint density at radius 1 is 1.19 bits per heavy atom. The molecule has 0 saturated carbocycles. The molecule has 9 heteroatoms. The lowest BCUT2D eigenvalue weighted by Crippen LogP contribution is -2.41. The third-order valence-corrected chi connectivity index (χ3v) is 4.02. The van der Waals surface area contributed by atoms with Gasteiger partial charge in [0, 0.05) is 18.8 Å². The van der Waals surface area contributed by atoms with E-state index in [-0.39, 0.29) is 17.6 Å². The number of benzene rings is 1. The number of esters is 1. The van der Waals surface area contributed by atoms with Gasteiger partial charge in [0.1, 0.15) is 17.7 Å². The molecule has 0 N–H and O–H groups in total. The lowest BCUT2D eigenvalue weighted by Gasteiger charge is -2.10. The van der Waals surface area contributed by atoms with E-state index in [1.807, 2.05) is 0 Å². The summed E-state index contributed by atoms with van der Waals surface area (Å²) in [5, 5.41) is 0.138. The molecule has 0 aliphatic carbocycles. The fourth-order valence-corrected chi connectivity index (χ4v) is 2.64. The Morgan fingerprint density at radius 3 is 2.52 bits per heavy atom. The fourth-order valence-electron chi connectivity index (χ4n) is 2.64. The number of carbonyl (C=O) groups excluding carboxylic acids is 1. The molecule has 0 fully saturated rings. The highest BCUT2D eigenvalue weighted by Crippen LogP contribution is 2.19. The van der Waals surface area contributed by atoms with Crippen molar-refractivity contribution in [2.45, 2.75) is 13.5 Å². The largest absolute Gasteiger partial charge is 0.497 e. The predicted octanol–water partition coefficient (Wildman–Crippen LogP) is 0.729. The van der Waals surface area contributed by atoms with E-state index < -0.39 is 23.8 Å². The van der Waals surface area contributed by atoms with E-state index in [0.29, 0.717) is 17.1 Å². The minimum Gasteiger partial charge on any atom is -0.497 e. The minimum atomic E-state index is -0.660. The van der Waals surface area contributed by atoms with Crippen molar-refractivity contribution in [3.05, 3.63) is 51.3 Å². The summed E-state index contributed by atoms with van der Waals surface area (Å²) in [6.45, 7) is 1.35. The zero-order chi connectivity index (χ0) is 19.6. The first kappa shape index (κ1) is 18.3. The van der Waals surface area contributed by atoms with Crippen LogP contribution in [0.4, 0.5) is 0 Å². The summed E-state index contributed by atoms with van der Waals surface area (Å²) in [6, 6.07) is 7.08. The third-order valence-electron chi connectivity index (χ3n) is 4.02. The van der Waals surface area contributed by atoms with Gasteiger partial charge in [-0.1, -0.05) is 0 Å². The summed E-state index contributed by atoms with van der Waals surface area (Å²) in [5.74, 6) is 0.392. The van der Waals surface area contributed by atoms with Crippen LogP contribution in [0.2, 0.25) is 0 Å². The molecular formula is C18H18N4O5. The topological polar surface area (TPSA) is 105 Å². The Hall–Kier alpha value is -3.49. The van der Waals surface area contributed by atoms with Gasteiger partial charge in [-0.2, -0.15) is 0 Å². The molecule has 2 heterocycles. The highest BCUT2D eigenvalue weighted by Gasteiger charge is 2.16. The van der Waals surface area contributed by atoms with Crippen molar-refractivity contribution in [3.8, 4) is 17.1 Å². The number of aryl methyl sites for hydroxylation is 1. The second-order valence-electron chi connectivity index (χ2n) is 5.70. The predicted molar refractivity (Wildman–Crippen MR) is 97.7 cm³/mol. The van der Waals surface area contributed by atoms with Crippen LogP contribution in [0.25, 0.3) is 22.4 Å². The summed E-state index contributed by atoms with van der Waals surface area (Å²) >= 11 is 0. The molecule has 0 bridgehead atoms. The van der Waals surface area contributed by atoms with E-state index in [4.69, 9.17) is 9.47 Å². The van der Waals surface area contributed by atoms with Crippen molar-refractivity contribution in [2.24, 2.45) is 7.05 Å². The Labute approximate surface area is 153 Å². The maximum Gasteiger partial charge on any atom is 0.332 e. The molecule has 0 radical (unpaired) electrons. The lowest BCUT2D eigenvalue weighted by molar-refractivity contribution is -0.143. The van der Waals surface area contributed by atoms with Crippen molar-refractivity contribution in [2.75, 3.05) is 13.7 Å². The summed E-state index contributed by atoms with van der Waals surface area (Å²) < 4.78 is 12.0. The minimum absolute atomic E-state index is 0.138. The van der Waals surface area contributed by atoms with Gasteiger partial charge in [-0.25, -0.2) is 19.3 Å². The number of nitrogens with zero attached hydrogens (tertiary/aromatic N) is 4. The zero-order valence-corrected chi connectivity index (χ0v) is 15.1. The SMILES string of the molecule is CCOC(=O)Cn1c(=O)c2cnc(-c3ccc(OC)cc3)nc2n(C)c1=O. The average molecular weight is 370 g/mol. The molecular weight excluding hydrogens is 352 g/mol. The summed E-state index contributed by atoms with van der Waals surface area (Å²) in [6.07, 6.45) is 1.35. The molecule has 3 aromatic rings. The van der Waals surface area contributed by atoms with Gasteiger partial charge in [-0.3, -0.25) is 14.2 Å². The number of methoxy groups -OCH3 is 1. The highest BCUT2D eigenvalue weighted by molar-refractivity contribution is 5.76. The first-order valence-corrected chi connectivity index (χ1v) is 8.23. The Kier molecular flexibility index (Phi) is 5.02. The molecule has 3 rings (SSSR count). The van der Waals surface area contributed by atoms with E-state index in [2.05, 4.69) is 9.97 Å². The van der Waals surface area contributed by atoms with Crippen LogP contribution < -0.4 is 16.0 Å². The summed E-state index contributed by atoms with van der Waals surface area (Å²) in [7, 11) is 3.05. The van der Waals surface area contributed by atoms with Gasteiger partial charge >= 0.3 is 11.7 Å². The number of rotatable bonds is 5. The second kappa shape index (κ2) is 7.40. The first-order valence-electron chi connectivity index (χ1n) is 8.23. The molecule has 0 aliphatic rings. The van der Waals surface area contributed by atoms with Crippen molar-refractivity contribution < 1.29 is 14.3 Å². The Bertz CT molecular complexity index is 1120. The van der Waals surface area contributed by atoms with E-state index in [0.717, 1.165) is 4.57 Å². The quantitative estimate of drug-likeness (QED) is 0.610. The van der Waals surface area contributed by atoms with Crippen LogP contribution in [-0.4, -0.2) is 38.8 Å². The Morgan fingerprint density at radius 2 is 1.89 bits per heavy atom. The van der Waals surface area contributed by atoms with E-state index in [1.54, 1.807) is 38.3 Å². The highest BCUT2D eigenvalue weighted by atomic mass is 16.5. The molecule has 0 saturated heterocycles. The van der Waals surface area contributed by atoms with Gasteiger partial charge in [0.2, 0.25) is 0 Å². The molecule has 140 valence electrons. The maximum atomic E-state index is 12.6. The van der Waals surface area contributed by atoms with Crippen molar-refractivity contribution in [1.82, 2.24) is 19.1 Å². The third kappa shape index (κ3) is 3.43. The molecule has 27 heavy (non-hydrogen) atoms. The number of hydrogen-bond acceptors (Lipinski definition) is 7. The maximum absolute atomic E-state index is 12.6. The van der Waals surface area contributed by atoms with Crippen LogP contribution in [0, 0.1) is 0 Å². The molecule has 0 atom stereocenters. The summed E-state index contributed by atoms with van der Waals surface area (Å²) in [5.41, 5.74) is -0.394. The van der Waals surface area contributed by atoms with Crippen LogP contribution in [0.1, 0.15) is 6.92 Å². The molecule has 0 unspecified atom stereocenters. The molecule has 0 spiro atoms. The van der Waals surface area contributed by atoms with Crippen LogP contribution >= 0.6 is 0 Å². The fraction of sp³-hybridized carbons (Fsp3) is 0.278. The number of hydrogen-bond donors (Lipinski definition) is 0. The standard InChI is InChI=1S/C18H18N4O5/c1-4-27-14(23)10-22-17(24)13-9-19-15(20-16(13)21(2)18(22)25)11-5-7-12(26-3)8-6-11/h5-9H,4,10H2,1-3H3. The number of ether oxygens (including phenoxy) is 2. The van der Waals surface area contributed by atoms with Crippen molar-refractivity contribution in [1.29, 1.82) is 0 Å². The van der Waals surface area contributed by atoms with Crippen LogP contribution in [0.5, 0.6) is 5.75 Å². The van der Waals surface area contributed by atoms with E-state index >= 15 is 0 Å². The van der Waals surface area contributed by atoms with Crippen molar-refractivity contribution in [3.63, 3.8) is 0 Å². The second-order valence-corrected chi connectivity index (χ2v) is 5.70. The Balaban J connectivity index is 2.12. The zero-order valence-electron chi connectivity index (χ0n) is 15.1. The van der Waals surface area contributed by atoms with Crippen LogP contribution in [0.3, 0.4) is 0 Å². The molecule has 1 aromatic carbocycles. The molecule has 0 amide bonds. The molecule has 0 aliphatic heterocycles. The van der Waals surface area contributed by atoms with Gasteiger partial charge < -0.3 is 9.47 Å². The van der Waals surface area contributed by atoms with Gasteiger partial charge in [-0.05, 0) is 31.2 Å². The van der Waals surface area contributed by atoms with E-state index in [1.165, 1.54) is 17.8 Å². The number of aromatic nitrogens is 4. The molecule has 2 aromatic heterocycles. The number of carbonyl (C=O) groups is 1. The summed E-state index contributed by atoms with van der Waals surface area (Å²) in [4.78, 5) is 45.4. The molecule has 9 nitrogen and oxygen atoms in total. The van der Waals surface area contributed by atoms with Crippen LogP contribution in [0.15, 0.2) is 40.1 Å². The van der Waals surface area contributed by atoms with Gasteiger partial charge in [0.05, 0.1) is 13.7 Å². The van der Waals surface area contributed by atoms with Crippen LogP contribution in [-0.2, 0) is 23.1 Å². The van der Waals surface area contributed by atoms with Gasteiger partial charge in [0.25, 0.3) is 5.56 Å². The van der Waals surface area contributed by atoms with Gasteiger partial charge in [0.15, 0.2) is 11.5 Å². The monoisotopic (exact) mass is 370 g/mol. The van der Waals surface area contributed by atoms with Crippen molar-refractivity contribution >= 4 is 17.0 Å². The van der Waals surface area contributed by atoms with E-state index in [9.17, 15) is 14.4 Å². The van der Waals surface area contributed by atoms with Gasteiger partial charge in [-0.15, -0.1) is 0 Å².